The van der Waals surface area contributed by atoms with Gasteiger partial charge in [-0.25, -0.2) is 4.79 Å². The first kappa shape index (κ1) is 26.0. The van der Waals surface area contributed by atoms with Gasteiger partial charge in [-0.1, -0.05) is 34.1 Å². The van der Waals surface area contributed by atoms with E-state index < -0.39 is 5.60 Å². The number of likely N-dealkylation sites (tertiary alicyclic amines) is 1. The number of carbonyl (C=O) groups excluding carboxylic acids is 2. The number of halogens is 1. The van der Waals surface area contributed by atoms with E-state index in [-0.39, 0.29) is 31.1 Å². The monoisotopic (exact) mass is 557 g/mol. The fraction of sp³-hybridized carbons (Fsp3) is 0.444. The normalized spacial score (nSPS) is 15.8. The van der Waals surface area contributed by atoms with Gasteiger partial charge in [-0.05, 0) is 58.4 Å². The average molecular weight is 558 g/mol. The molecule has 0 aliphatic carbocycles. The van der Waals surface area contributed by atoms with Gasteiger partial charge in [0.2, 0.25) is 0 Å². The molecule has 1 fully saturated rings. The zero-order chi connectivity index (χ0) is 25.9. The molecule has 0 spiro atoms. The third-order valence-electron chi connectivity index (χ3n) is 5.90. The minimum atomic E-state index is -0.544. The molecule has 1 aliphatic heterocycles. The van der Waals surface area contributed by atoms with E-state index in [0.29, 0.717) is 25.4 Å². The molecule has 192 valence electrons. The molecule has 0 saturated carbocycles. The van der Waals surface area contributed by atoms with Crippen molar-refractivity contribution in [1.29, 1.82) is 0 Å². The number of nitrogens with zero attached hydrogens (tertiary/aromatic N) is 3. The summed E-state index contributed by atoms with van der Waals surface area (Å²) in [6.07, 6.45) is 0.597. The van der Waals surface area contributed by atoms with Crippen molar-refractivity contribution in [2.75, 3.05) is 19.7 Å². The first-order valence-electron chi connectivity index (χ1n) is 12.2. The number of amides is 1. The maximum absolute atomic E-state index is 12.6. The quantitative estimate of drug-likeness (QED) is 0.348. The van der Waals surface area contributed by atoms with Crippen LogP contribution in [-0.2, 0) is 27.3 Å². The van der Waals surface area contributed by atoms with Crippen molar-refractivity contribution in [2.24, 2.45) is 0 Å². The summed E-state index contributed by atoms with van der Waals surface area (Å²) in [5, 5.41) is 5.85. The molecular weight excluding hydrogens is 526 g/mol. The Morgan fingerprint density at radius 3 is 2.69 bits per heavy atom. The second-order valence-electron chi connectivity index (χ2n) is 9.80. The zero-order valence-electron chi connectivity index (χ0n) is 21.1. The minimum absolute atomic E-state index is 0.00271. The molecule has 3 aromatic rings. The van der Waals surface area contributed by atoms with Crippen molar-refractivity contribution in [3.63, 3.8) is 0 Å². The summed E-state index contributed by atoms with van der Waals surface area (Å²) in [6, 6.07) is 13.4. The first-order valence-corrected chi connectivity index (χ1v) is 12.9. The van der Waals surface area contributed by atoms with Crippen LogP contribution < -0.4 is 4.74 Å². The number of fused-ring (bicyclic) bond motifs is 1. The Morgan fingerprint density at radius 1 is 1.17 bits per heavy atom. The number of carbonyl (C=O) groups is 2. The van der Waals surface area contributed by atoms with Gasteiger partial charge in [0.15, 0.2) is 0 Å². The van der Waals surface area contributed by atoms with Crippen LogP contribution in [0.1, 0.15) is 51.4 Å². The fourth-order valence-electron chi connectivity index (χ4n) is 4.31. The minimum Gasteiger partial charge on any atom is -0.487 e. The zero-order valence-corrected chi connectivity index (χ0v) is 22.7. The molecule has 0 radical (unpaired) electrons. The van der Waals surface area contributed by atoms with Crippen LogP contribution in [-0.4, -0.2) is 52.0 Å². The molecule has 1 saturated heterocycles. The van der Waals surface area contributed by atoms with Crippen molar-refractivity contribution in [2.45, 2.75) is 58.8 Å². The van der Waals surface area contributed by atoms with Crippen LogP contribution in [0.3, 0.4) is 0 Å². The van der Waals surface area contributed by atoms with Gasteiger partial charge in [0.1, 0.15) is 18.0 Å². The molecule has 1 aliphatic rings. The van der Waals surface area contributed by atoms with Crippen molar-refractivity contribution < 1.29 is 23.8 Å². The molecule has 4 rings (SSSR count). The second kappa shape index (κ2) is 10.9. The number of esters is 1. The Hall–Kier alpha value is -3.07. The maximum atomic E-state index is 12.6. The highest BCUT2D eigenvalue weighted by Gasteiger charge is 2.32. The molecule has 9 heteroatoms. The average Bonchev–Trinajstić information content (AvgIpc) is 3.42. The number of hydrogen-bond donors (Lipinski definition) is 0. The van der Waals surface area contributed by atoms with E-state index in [1.165, 1.54) is 0 Å². The van der Waals surface area contributed by atoms with E-state index >= 15 is 0 Å². The summed E-state index contributed by atoms with van der Waals surface area (Å²) in [7, 11) is 0. The van der Waals surface area contributed by atoms with Crippen molar-refractivity contribution in [1.82, 2.24) is 14.7 Å². The van der Waals surface area contributed by atoms with Crippen molar-refractivity contribution in [3.05, 3.63) is 58.2 Å². The molecular formula is C27H32BrN3O5. The van der Waals surface area contributed by atoms with E-state index in [9.17, 15) is 9.59 Å². The van der Waals surface area contributed by atoms with Crippen molar-refractivity contribution >= 4 is 38.9 Å². The van der Waals surface area contributed by atoms with E-state index in [1.54, 1.807) is 11.8 Å². The lowest BCUT2D eigenvalue weighted by Gasteiger charge is -2.24. The van der Waals surface area contributed by atoms with Gasteiger partial charge in [0.05, 0.1) is 30.3 Å². The summed E-state index contributed by atoms with van der Waals surface area (Å²) >= 11 is 3.57. The first-order chi connectivity index (χ1) is 17.1. The lowest BCUT2D eigenvalue weighted by molar-refractivity contribution is -0.142. The van der Waals surface area contributed by atoms with Gasteiger partial charge in [-0.3, -0.25) is 9.48 Å². The topological polar surface area (TPSA) is 82.9 Å². The summed E-state index contributed by atoms with van der Waals surface area (Å²) in [5.41, 5.74) is 1.99. The fourth-order valence-corrected chi connectivity index (χ4v) is 4.67. The van der Waals surface area contributed by atoms with Crippen LogP contribution in [0.4, 0.5) is 4.79 Å². The Morgan fingerprint density at radius 2 is 1.94 bits per heavy atom. The predicted octanol–water partition coefficient (Wildman–Crippen LogP) is 5.67. The predicted molar refractivity (Wildman–Crippen MR) is 140 cm³/mol. The van der Waals surface area contributed by atoms with Gasteiger partial charge < -0.3 is 19.1 Å². The van der Waals surface area contributed by atoms with Crippen LogP contribution in [0.25, 0.3) is 10.9 Å². The number of aromatic nitrogens is 2. The number of para-hydroxylation sites is 1. The highest BCUT2D eigenvalue weighted by Crippen LogP contribution is 2.31. The van der Waals surface area contributed by atoms with Gasteiger partial charge in [-0.2, -0.15) is 5.10 Å². The summed E-state index contributed by atoms with van der Waals surface area (Å²) < 4.78 is 19.9. The lowest BCUT2D eigenvalue weighted by atomic mass is 10.1. The number of ether oxygens (including phenoxy) is 3. The van der Waals surface area contributed by atoms with Crippen molar-refractivity contribution in [3.8, 4) is 5.75 Å². The van der Waals surface area contributed by atoms with E-state index in [1.807, 2.05) is 67.9 Å². The molecule has 8 nitrogen and oxygen atoms in total. The molecule has 2 heterocycles. The Labute approximate surface area is 219 Å². The molecule has 1 unspecified atom stereocenters. The Bertz CT molecular complexity index is 1250. The van der Waals surface area contributed by atoms with Gasteiger partial charge in [-0.15, -0.1) is 0 Å². The van der Waals surface area contributed by atoms with E-state index in [4.69, 9.17) is 19.3 Å². The van der Waals surface area contributed by atoms with Gasteiger partial charge in [0, 0.05) is 28.5 Å². The smallest absolute Gasteiger partial charge is 0.410 e. The van der Waals surface area contributed by atoms with Crippen LogP contribution in [0.5, 0.6) is 5.75 Å². The Kier molecular flexibility index (Phi) is 7.88. The van der Waals surface area contributed by atoms with Crippen LogP contribution in [0, 0.1) is 0 Å². The molecule has 2 aromatic carbocycles. The third-order valence-corrected chi connectivity index (χ3v) is 6.39. The maximum Gasteiger partial charge on any atom is 0.410 e. The molecule has 1 aromatic heterocycles. The standard InChI is InChI=1S/C27H32BrN3O5/c1-5-34-25(32)14-18-8-6-7-9-24(18)35-17-23-21-15-19(28)10-11-22(21)29-31(23)20-12-13-30(16-20)26(33)36-27(2,3)4/h6-11,15,20H,5,12-14,16-17H2,1-4H3. The largest absolute Gasteiger partial charge is 0.487 e. The number of rotatable bonds is 7. The molecule has 0 N–H and O–H groups in total. The molecule has 0 bridgehead atoms. The highest BCUT2D eigenvalue weighted by molar-refractivity contribution is 9.10. The second-order valence-corrected chi connectivity index (χ2v) is 10.7. The Balaban J connectivity index is 1.58. The van der Waals surface area contributed by atoms with Crippen LogP contribution >= 0.6 is 15.9 Å². The van der Waals surface area contributed by atoms with E-state index in [2.05, 4.69) is 15.9 Å². The summed E-state index contributed by atoms with van der Waals surface area (Å²) in [4.78, 5) is 26.4. The number of benzene rings is 2. The number of hydrogen-bond acceptors (Lipinski definition) is 6. The lowest BCUT2D eigenvalue weighted by Crippen LogP contribution is -2.35. The SMILES string of the molecule is CCOC(=O)Cc1ccccc1OCc1c2cc(Br)ccc2nn1C1CCN(C(=O)OC(C)(C)C)C1. The summed E-state index contributed by atoms with van der Waals surface area (Å²) in [6.45, 7) is 9.10. The third kappa shape index (κ3) is 6.19. The van der Waals surface area contributed by atoms with Crippen LogP contribution in [0.2, 0.25) is 0 Å². The van der Waals surface area contributed by atoms with Crippen LogP contribution in [0.15, 0.2) is 46.9 Å². The van der Waals surface area contributed by atoms with Gasteiger partial charge in [0.25, 0.3) is 0 Å². The van der Waals surface area contributed by atoms with E-state index in [0.717, 1.165) is 33.1 Å². The molecule has 1 amide bonds. The van der Waals surface area contributed by atoms with Gasteiger partial charge >= 0.3 is 12.1 Å². The highest BCUT2D eigenvalue weighted by atomic mass is 79.9. The molecule has 1 atom stereocenters. The molecule has 36 heavy (non-hydrogen) atoms. The summed E-state index contributed by atoms with van der Waals surface area (Å²) in [5.74, 6) is 0.337.